The molecule has 4 rings (SSSR count). The monoisotopic (exact) mass is 676 g/mol. The van der Waals surface area contributed by atoms with Crippen molar-refractivity contribution in [2.75, 3.05) is 7.11 Å². The summed E-state index contributed by atoms with van der Waals surface area (Å²) in [7, 11) is 1.08. The summed E-state index contributed by atoms with van der Waals surface area (Å²) in [6.07, 6.45) is -36.8. The maximum absolute atomic E-state index is 12.1. The number of carbonyl (C=O) groups is 2. The highest BCUT2D eigenvalue weighted by Crippen LogP contribution is 2.34. The topological polar surface area (TPSA) is 331 Å². The quantitative estimate of drug-likeness (QED) is 0.108. The lowest BCUT2D eigenvalue weighted by molar-refractivity contribution is -0.389. The number of ether oxygens (including phenoxy) is 8. The van der Waals surface area contributed by atoms with Crippen LogP contribution < -0.4 is 0 Å². The van der Waals surface area contributed by atoms with Crippen molar-refractivity contribution in [3.05, 3.63) is 0 Å². The van der Waals surface area contributed by atoms with Gasteiger partial charge in [0.05, 0.1) is 12.2 Å². The molecule has 4 aliphatic rings. The minimum atomic E-state index is -2.18. The fourth-order valence-electron chi connectivity index (χ4n) is 5.53. The molecule has 0 unspecified atom stereocenters. The smallest absolute Gasteiger partial charge is 0.335 e. The van der Waals surface area contributed by atoms with Crippen LogP contribution in [0.25, 0.3) is 0 Å². The minimum absolute atomic E-state index is 1.08. The van der Waals surface area contributed by atoms with Crippen molar-refractivity contribution in [3.63, 3.8) is 0 Å². The van der Waals surface area contributed by atoms with Crippen LogP contribution in [-0.4, -0.2) is 198 Å². The third kappa shape index (κ3) is 7.16. The number of hydrogen-bond donors (Lipinski definition) is 11. The van der Waals surface area contributed by atoms with Crippen molar-refractivity contribution in [2.45, 2.75) is 137 Å². The van der Waals surface area contributed by atoms with Crippen LogP contribution in [0, 0.1) is 0 Å². The molecule has 4 heterocycles. The van der Waals surface area contributed by atoms with E-state index >= 15 is 0 Å². The van der Waals surface area contributed by atoms with Gasteiger partial charge in [-0.1, -0.05) is 0 Å². The Bertz CT molecular complexity index is 1050. The average molecular weight is 677 g/mol. The molecule has 266 valence electrons. The molecule has 4 saturated heterocycles. The Labute approximate surface area is 259 Å². The molecule has 21 nitrogen and oxygen atoms in total. The molecular formula is C25H40O21. The molecule has 0 spiro atoms. The van der Waals surface area contributed by atoms with Gasteiger partial charge in [0, 0.05) is 7.11 Å². The first kappa shape index (κ1) is 37.1. The molecule has 11 N–H and O–H groups in total. The lowest BCUT2D eigenvalue weighted by Gasteiger charge is -2.48. The van der Waals surface area contributed by atoms with Crippen LogP contribution in [-0.2, 0) is 47.5 Å². The predicted octanol–water partition coefficient (Wildman–Crippen LogP) is -6.85. The van der Waals surface area contributed by atoms with Gasteiger partial charge in [-0.15, -0.1) is 0 Å². The van der Waals surface area contributed by atoms with Crippen LogP contribution >= 0.6 is 0 Å². The highest BCUT2D eigenvalue weighted by Gasteiger charge is 2.56. The van der Waals surface area contributed by atoms with Crippen LogP contribution in [0.4, 0.5) is 0 Å². The van der Waals surface area contributed by atoms with Gasteiger partial charge in [0.25, 0.3) is 0 Å². The molecular weight excluding hydrogens is 636 g/mol. The Hall–Kier alpha value is -1.74. The van der Waals surface area contributed by atoms with Crippen molar-refractivity contribution < 1.29 is 104 Å². The third-order valence-corrected chi connectivity index (χ3v) is 8.27. The van der Waals surface area contributed by atoms with Crippen LogP contribution in [0.15, 0.2) is 0 Å². The number of aliphatic hydroxyl groups excluding tert-OH is 9. The molecule has 0 aromatic rings. The van der Waals surface area contributed by atoms with E-state index in [-0.39, 0.29) is 0 Å². The maximum atomic E-state index is 12.1. The third-order valence-electron chi connectivity index (χ3n) is 8.27. The zero-order valence-corrected chi connectivity index (χ0v) is 24.5. The van der Waals surface area contributed by atoms with Crippen molar-refractivity contribution >= 4 is 11.9 Å². The standard InChI is InChI=1S/C25H40O21/c1-4-6(26)8(28)12(32)23(40-4)42-15-11(31)14(34)24(46-19(15)21(37)38)44-17-9(29)7(27)5(2)41-25(17)43-16-10(30)13(33)22(39-3)45-18(16)20(35)36/h4-19,22-34H,1-3H3,(H,35,36)(H,37,38)/t4-,5-,6-,7-,8+,9+,10+,11+,12+,13+,14+,15+,16+,17+,18-,19-,22-,23-,24-,25-/m0/s1. The van der Waals surface area contributed by atoms with Crippen molar-refractivity contribution in [3.8, 4) is 0 Å². The Morgan fingerprint density at radius 1 is 0.457 bits per heavy atom. The average Bonchev–Trinajstić information content (AvgIpc) is 3.00. The zero-order valence-electron chi connectivity index (χ0n) is 24.5. The second-order valence-corrected chi connectivity index (χ2v) is 11.4. The second-order valence-electron chi connectivity index (χ2n) is 11.4. The number of rotatable bonds is 9. The lowest BCUT2D eigenvalue weighted by Crippen LogP contribution is -2.67. The Morgan fingerprint density at radius 3 is 1.30 bits per heavy atom. The molecule has 0 bridgehead atoms. The van der Waals surface area contributed by atoms with Crippen molar-refractivity contribution in [1.29, 1.82) is 0 Å². The molecule has 0 saturated carbocycles. The summed E-state index contributed by atoms with van der Waals surface area (Å²) in [6.45, 7) is 2.60. The molecule has 0 aromatic carbocycles. The number of hydrogen-bond acceptors (Lipinski definition) is 19. The van der Waals surface area contributed by atoms with Crippen LogP contribution in [0.3, 0.4) is 0 Å². The highest BCUT2D eigenvalue weighted by atomic mass is 16.8. The van der Waals surface area contributed by atoms with Crippen molar-refractivity contribution in [2.24, 2.45) is 0 Å². The summed E-state index contributed by atoms with van der Waals surface area (Å²) in [4.78, 5) is 24.1. The first-order valence-electron chi connectivity index (χ1n) is 14.2. The molecule has 4 aliphatic heterocycles. The summed E-state index contributed by atoms with van der Waals surface area (Å²) in [5.74, 6) is -3.44. The lowest BCUT2D eigenvalue weighted by atomic mass is 9.95. The molecule has 20 atom stereocenters. The fraction of sp³-hybridized carbons (Fsp3) is 0.920. The minimum Gasteiger partial charge on any atom is -0.479 e. The van der Waals surface area contributed by atoms with E-state index in [1.807, 2.05) is 0 Å². The highest BCUT2D eigenvalue weighted by molar-refractivity contribution is 5.74. The van der Waals surface area contributed by atoms with E-state index in [0.29, 0.717) is 0 Å². The molecule has 4 fully saturated rings. The maximum Gasteiger partial charge on any atom is 0.335 e. The number of carboxylic acid groups (broad SMARTS) is 2. The van der Waals surface area contributed by atoms with Crippen molar-refractivity contribution in [1.82, 2.24) is 0 Å². The molecule has 21 heteroatoms. The largest absolute Gasteiger partial charge is 0.479 e. The molecule has 0 amide bonds. The van der Waals surface area contributed by atoms with E-state index in [2.05, 4.69) is 0 Å². The molecule has 0 aromatic heterocycles. The molecule has 46 heavy (non-hydrogen) atoms. The molecule has 0 radical (unpaired) electrons. The number of aliphatic carboxylic acids is 2. The van der Waals surface area contributed by atoms with E-state index in [0.717, 1.165) is 7.11 Å². The summed E-state index contributed by atoms with van der Waals surface area (Å²) < 4.78 is 42.7. The Balaban J connectivity index is 1.55. The van der Waals surface area contributed by atoms with Gasteiger partial charge in [0.2, 0.25) is 0 Å². The summed E-state index contributed by atoms with van der Waals surface area (Å²) in [5.41, 5.74) is 0. The van der Waals surface area contributed by atoms with Crippen LogP contribution in [0.5, 0.6) is 0 Å². The van der Waals surface area contributed by atoms with Gasteiger partial charge in [-0.2, -0.15) is 0 Å². The number of methoxy groups -OCH3 is 1. The summed E-state index contributed by atoms with van der Waals surface area (Å²) in [5, 5.41) is 114. The second kappa shape index (κ2) is 14.8. The van der Waals surface area contributed by atoms with E-state index in [1.165, 1.54) is 13.8 Å². The van der Waals surface area contributed by atoms with Gasteiger partial charge >= 0.3 is 11.9 Å². The first-order valence-corrected chi connectivity index (χ1v) is 14.2. The number of carboxylic acids is 2. The fourth-order valence-corrected chi connectivity index (χ4v) is 5.53. The Kier molecular flexibility index (Phi) is 11.9. The Morgan fingerprint density at radius 2 is 0.804 bits per heavy atom. The van der Waals surface area contributed by atoms with Gasteiger partial charge in [0.15, 0.2) is 37.4 Å². The summed E-state index contributed by atoms with van der Waals surface area (Å²) in [6, 6.07) is 0. The van der Waals surface area contributed by atoms with E-state index in [9.17, 15) is 65.8 Å². The van der Waals surface area contributed by atoms with Gasteiger partial charge in [-0.05, 0) is 13.8 Å². The zero-order chi connectivity index (χ0) is 34.4. The van der Waals surface area contributed by atoms with Gasteiger partial charge in [0.1, 0.15) is 73.2 Å². The van der Waals surface area contributed by atoms with E-state index < -0.39 is 135 Å². The van der Waals surface area contributed by atoms with E-state index in [4.69, 9.17) is 37.9 Å². The SMILES string of the molecule is CO[C@H]1O[C@H](C(=O)O)[C@H](O[C@@H]2O[C@@H](C)[C@H](O)[C@@H](O)[C@H]2O[C@H]2O[C@H](C(=O)O)[C@H](O[C@@H]3O[C@@H](C)[C@H](O)[C@@H](O)[C@H]3O)[C@H](O)[C@H]2O)[C@H](O)[C@H]1O. The van der Waals surface area contributed by atoms with Gasteiger partial charge in [-0.3, -0.25) is 0 Å². The number of aliphatic hydroxyl groups is 9. The first-order chi connectivity index (χ1) is 21.5. The summed E-state index contributed by atoms with van der Waals surface area (Å²) >= 11 is 0. The van der Waals surface area contributed by atoms with Gasteiger partial charge < -0.3 is 94.1 Å². The van der Waals surface area contributed by atoms with E-state index in [1.54, 1.807) is 0 Å². The normalized spacial score (nSPS) is 51.8. The van der Waals surface area contributed by atoms with Crippen LogP contribution in [0.2, 0.25) is 0 Å². The van der Waals surface area contributed by atoms with Gasteiger partial charge in [-0.25, -0.2) is 9.59 Å². The van der Waals surface area contributed by atoms with Crippen LogP contribution in [0.1, 0.15) is 13.8 Å². The molecule has 0 aliphatic carbocycles. The predicted molar refractivity (Wildman–Crippen MR) is 137 cm³/mol.